The van der Waals surface area contributed by atoms with Gasteiger partial charge in [0.1, 0.15) is 5.69 Å². The normalized spacial score (nSPS) is 10.5. The van der Waals surface area contributed by atoms with E-state index in [9.17, 15) is 10.1 Å². The Hall–Kier alpha value is -2.86. The first-order valence-corrected chi connectivity index (χ1v) is 7.71. The van der Waals surface area contributed by atoms with Crippen LogP contribution in [0.25, 0.3) is 0 Å². The number of halogens is 1. The molecule has 0 radical (unpaired) electrons. The molecule has 2 aromatic carbocycles. The van der Waals surface area contributed by atoms with Gasteiger partial charge < -0.3 is 9.88 Å². The lowest BCUT2D eigenvalue weighted by Crippen LogP contribution is -2.03. The van der Waals surface area contributed by atoms with E-state index in [1.807, 2.05) is 35.0 Å². The summed E-state index contributed by atoms with van der Waals surface area (Å²) in [4.78, 5) is 14.7. The van der Waals surface area contributed by atoms with E-state index in [4.69, 9.17) is 11.6 Å². The molecule has 0 spiro atoms. The van der Waals surface area contributed by atoms with Gasteiger partial charge in [0.2, 0.25) is 0 Å². The van der Waals surface area contributed by atoms with Crippen LogP contribution in [-0.4, -0.2) is 14.5 Å². The number of nitro benzene ring substituents is 1. The van der Waals surface area contributed by atoms with Crippen molar-refractivity contribution in [2.45, 2.75) is 13.1 Å². The summed E-state index contributed by atoms with van der Waals surface area (Å²) in [7, 11) is 0. The van der Waals surface area contributed by atoms with Crippen LogP contribution in [0.5, 0.6) is 0 Å². The number of benzene rings is 2. The zero-order valence-electron chi connectivity index (χ0n) is 12.7. The third-order valence-corrected chi connectivity index (χ3v) is 3.82. The van der Waals surface area contributed by atoms with Crippen molar-refractivity contribution in [3.05, 3.63) is 87.4 Å². The molecule has 0 fully saturated rings. The molecule has 7 heteroatoms. The Morgan fingerprint density at radius 3 is 2.58 bits per heavy atom. The number of nitrogens with one attached hydrogen (secondary N) is 1. The molecule has 0 aliphatic rings. The molecule has 1 aromatic heterocycles. The van der Waals surface area contributed by atoms with Crippen LogP contribution in [0.1, 0.15) is 11.1 Å². The molecule has 24 heavy (non-hydrogen) atoms. The second-order valence-corrected chi connectivity index (χ2v) is 5.76. The number of imidazole rings is 1. The first kappa shape index (κ1) is 16.0. The van der Waals surface area contributed by atoms with Crippen LogP contribution in [-0.2, 0) is 13.1 Å². The van der Waals surface area contributed by atoms with E-state index in [1.165, 1.54) is 6.07 Å². The molecular formula is C17H15ClN4O2. The van der Waals surface area contributed by atoms with Gasteiger partial charge in [-0.05, 0) is 23.3 Å². The zero-order chi connectivity index (χ0) is 16.9. The maximum Gasteiger partial charge on any atom is 0.293 e. The van der Waals surface area contributed by atoms with Crippen molar-refractivity contribution in [2.75, 3.05) is 5.32 Å². The molecule has 0 atom stereocenters. The summed E-state index contributed by atoms with van der Waals surface area (Å²) in [6.07, 6.45) is 5.43. The Balaban J connectivity index is 1.66. The van der Waals surface area contributed by atoms with Gasteiger partial charge in [0.25, 0.3) is 5.69 Å². The molecule has 1 N–H and O–H groups in total. The fourth-order valence-electron chi connectivity index (χ4n) is 2.36. The van der Waals surface area contributed by atoms with Crippen LogP contribution in [0.15, 0.2) is 61.2 Å². The fourth-order valence-corrected chi connectivity index (χ4v) is 2.52. The summed E-state index contributed by atoms with van der Waals surface area (Å²) in [5.74, 6) is 0. The third-order valence-electron chi connectivity index (χ3n) is 3.59. The lowest BCUT2D eigenvalue weighted by molar-refractivity contribution is -0.383. The highest BCUT2D eigenvalue weighted by Gasteiger charge is 2.13. The zero-order valence-corrected chi connectivity index (χ0v) is 13.5. The van der Waals surface area contributed by atoms with Crippen molar-refractivity contribution >= 4 is 23.0 Å². The van der Waals surface area contributed by atoms with Crippen molar-refractivity contribution in [1.82, 2.24) is 9.55 Å². The average Bonchev–Trinajstić information content (AvgIpc) is 3.08. The maximum atomic E-state index is 11.1. The van der Waals surface area contributed by atoms with Crippen molar-refractivity contribution < 1.29 is 4.92 Å². The van der Waals surface area contributed by atoms with Crippen molar-refractivity contribution in [3.63, 3.8) is 0 Å². The molecule has 3 aromatic rings. The summed E-state index contributed by atoms with van der Waals surface area (Å²) in [5, 5.41) is 14.5. The van der Waals surface area contributed by atoms with Gasteiger partial charge in [-0.1, -0.05) is 35.9 Å². The van der Waals surface area contributed by atoms with Crippen LogP contribution in [0.2, 0.25) is 5.02 Å². The molecule has 122 valence electrons. The molecule has 0 saturated heterocycles. The molecule has 1 heterocycles. The standard InChI is InChI=1S/C17H15ClN4O2/c18-15-5-6-16(17(9-15)22(23)24)20-10-13-1-3-14(4-2-13)11-21-8-7-19-12-21/h1-9,12,20H,10-11H2. The molecule has 3 rings (SSSR count). The topological polar surface area (TPSA) is 73.0 Å². The highest BCUT2D eigenvalue weighted by molar-refractivity contribution is 6.30. The van der Waals surface area contributed by atoms with E-state index >= 15 is 0 Å². The van der Waals surface area contributed by atoms with E-state index in [-0.39, 0.29) is 5.69 Å². The number of hydrogen-bond acceptors (Lipinski definition) is 4. The van der Waals surface area contributed by atoms with Crippen LogP contribution >= 0.6 is 11.6 Å². The minimum absolute atomic E-state index is 0.0285. The van der Waals surface area contributed by atoms with Gasteiger partial charge >= 0.3 is 0 Å². The third kappa shape index (κ3) is 3.91. The summed E-state index contributed by atoms with van der Waals surface area (Å²) in [6.45, 7) is 1.25. The molecule has 0 aliphatic heterocycles. The van der Waals surface area contributed by atoms with E-state index in [0.717, 1.165) is 17.7 Å². The molecule has 0 amide bonds. The quantitative estimate of drug-likeness (QED) is 0.540. The van der Waals surface area contributed by atoms with Crippen molar-refractivity contribution in [3.8, 4) is 0 Å². The van der Waals surface area contributed by atoms with Crippen LogP contribution in [0, 0.1) is 10.1 Å². The van der Waals surface area contributed by atoms with Crippen LogP contribution < -0.4 is 5.32 Å². The Morgan fingerprint density at radius 2 is 1.92 bits per heavy atom. The lowest BCUT2D eigenvalue weighted by Gasteiger charge is -2.09. The fraction of sp³-hybridized carbons (Fsp3) is 0.118. The lowest BCUT2D eigenvalue weighted by atomic mass is 10.1. The van der Waals surface area contributed by atoms with Gasteiger partial charge in [0.15, 0.2) is 0 Å². The van der Waals surface area contributed by atoms with E-state index < -0.39 is 4.92 Å². The second-order valence-electron chi connectivity index (χ2n) is 5.32. The van der Waals surface area contributed by atoms with Gasteiger partial charge in [-0.3, -0.25) is 10.1 Å². The second kappa shape index (κ2) is 7.14. The molecule has 0 unspecified atom stereocenters. The van der Waals surface area contributed by atoms with Crippen molar-refractivity contribution in [1.29, 1.82) is 0 Å². The maximum absolute atomic E-state index is 11.1. The van der Waals surface area contributed by atoms with E-state index in [1.54, 1.807) is 24.7 Å². The molecule has 0 aliphatic carbocycles. The predicted molar refractivity (Wildman–Crippen MR) is 93.2 cm³/mol. The summed E-state index contributed by atoms with van der Waals surface area (Å²) in [6, 6.07) is 12.7. The number of aromatic nitrogens is 2. The summed E-state index contributed by atoms with van der Waals surface area (Å²) >= 11 is 5.82. The summed E-state index contributed by atoms with van der Waals surface area (Å²) < 4.78 is 1.99. The minimum Gasteiger partial charge on any atom is -0.375 e. The smallest absolute Gasteiger partial charge is 0.293 e. The largest absolute Gasteiger partial charge is 0.375 e. The number of rotatable bonds is 6. The Labute approximate surface area is 143 Å². The van der Waals surface area contributed by atoms with Gasteiger partial charge in [-0.25, -0.2) is 4.98 Å². The number of hydrogen-bond donors (Lipinski definition) is 1. The van der Waals surface area contributed by atoms with Crippen molar-refractivity contribution in [2.24, 2.45) is 0 Å². The van der Waals surface area contributed by atoms with Crippen LogP contribution in [0.4, 0.5) is 11.4 Å². The van der Waals surface area contributed by atoms with Gasteiger partial charge in [0, 0.05) is 36.6 Å². The van der Waals surface area contributed by atoms with Gasteiger partial charge in [0.05, 0.1) is 11.3 Å². The Morgan fingerprint density at radius 1 is 1.17 bits per heavy atom. The molecule has 0 bridgehead atoms. The van der Waals surface area contributed by atoms with E-state index in [2.05, 4.69) is 10.3 Å². The number of nitrogens with zero attached hydrogens (tertiary/aromatic N) is 3. The SMILES string of the molecule is O=[N+]([O-])c1cc(Cl)ccc1NCc1ccc(Cn2ccnc2)cc1. The molecular weight excluding hydrogens is 328 g/mol. The van der Waals surface area contributed by atoms with Gasteiger partial charge in [-0.2, -0.15) is 0 Å². The Kier molecular flexibility index (Phi) is 4.77. The van der Waals surface area contributed by atoms with E-state index in [0.29, 0.717) is 17.3 Å². The predicted octanol–water partition coefficient (Wildman–Crippen LogP) is 4.11. The molecule has 0 saturated carbocycles. The number of nitro groups is 1. The summed E-state index contributed by atoms with van der Waals surface area (Å²) in [5.41, 5.74) is 2.62. The Bertz CT molecular complexity index is 832. The number of anilines is 1. The minimum atomic E-state index is -0.442. The highest BCUT2D eigenvalue weighted by Crippen LogP contribution is 2.28. The highest BCUT2D eigenvalue weighted by atomic mass is 35.5. The van der Waals surface area contributed by atoms with Gasteiger partial charge in [-0.15, -0.1) is 0 Å². The molecule has 6 nitrogen and oxygen atoms in total. The first-order valence-electron chi connectivity index (χ1n) is 7.33. The van der Waals surface area contributed by atoms with Crippen LogP contribution in [0.3, 0.4) is 0 Å². The average molecular weight is 343 g/mol. The monoisotopic (exact) mass is 342 g/mol. The first-order chi connectivity index (χ1) is 11.6.